The molecule has 2 aromatic rings. The maximum atomic E-state index is 11.9. The minimum absolute atomic E-state index is 0.0365. The maximum absolute atomic E-state index is 11.9. The van der Waals surface area contributed by atoms with E-state index in [-0.39, 0.29) is 18.6 Å². The van der Waals surface area contributed by atoms with E-state index in [1.165, 1.54) is 0 Å². The number of aromatic nitrogens is 2. The summed E-state index contributed by atoms with van der Waals surface area (Å²) in [5.41, 5.74) is 1.17. The number of aliphatic hydroxyl groups excluding tert-OH is 1. The van der Waals surface area contributed by atoms with Crippen molar-refractivity contribution in [3.63, 3.8) is 0 Å². The number of carbonyl (C=O) groups excluding carboxylic acids is 1. The SMILES string of the molecule is CC(CCCO)NC(=O)c1cn2ccccc2n1. The molecule has 0 saturated carbocycles. The van der Waals surface area contributed by atoms with Crippen molar-refractivity contribution in [2.45, 2.75) is 25.8 Å². The van der Waals surface area contributed by atoms with Gasteiger partial charge in [0.25, 0.3) is 5.91 Å². The lowest BCUT2D eigenvalue weighted by Crippen LogP contribution is -2.32. The van der Waals surface area contributed by atoms with Crippen LogP contribution in [-0.4, -0.2) is 33.0 Å². The molecule has 2 rings (SSSR count). The standard InChI is InChI=1S/C13H17N3O2/c1-10(5-4-8-17)14-13(18)11-9-16-7-3-2-6-12(16)15-11/h2-3,6-7,9-10,17H,4-5,8H2,1H3,(H,14,18). The van der Waals surface area contributed by atoms with E-state index in [9.17, 15) is 4.79 Å². The van der Waals surface area contributed by atoms with E-state index in [0.717, 1.165) is 12.1 Å². The first-order valence-electron chi connectivity index (χ1n) is 6.06. The van der Waals surface area contributed by atoms with Crippen molar-refractivity contribution >= 4 is 11.6 Å². The van der Waals surface area contributed by atoms with Gasteiger partial charge in [-0.3, -0.25) is 4.79 Å². The monoisotopic (exact) mass is 247 g/mol. The summed E-state index contributed by atoms with van der Waals surface area (Å²) in [5.74, 6) is -0.177. The highest BCUT2D eigenvalue weighted by atomic mass is 16.3. The van der Waals surface area contributed by atoms with Crippen molar-refractivity contribution in [1.29, 1.82) is 0 Å². The van der Waals surface area contributed by atoms with Crippen molar-refractivity contribution in [2.24, 2.45) is 0 Å². The molecule has 96 valence electrons. The van der Waals surface area contributed by atoms with Crippen molar-refractivity contribution < 1.29 is 9.90 Å². The van der Waals surface area contributed by atoms with Gasteiger partial charge < -0.3 is 14.8 Å². The number of hydrogen-bond donors (Lipinski definition) is 2. The molecule has 2 N–H and O–H groups in total. The van der Waals surface area contributed by atoms with Crippen LogP contribution in [0.15, 0.2) is 30.6 Å². The summed E-state index contributed by atoms with van der Waals surface area (Å²) in [6, 6.07) is 5.66. The quantitative estimate of drug-likeness (QED) is 0.835. The molecule has 0 aliphatic rings. The molecule has 0 bridgehead atoms. The van der Waals surface area contributed by atoms with Gasteiger partial charge in [0, 0.05) is 25.0 Å². The molecule has 0 fully saturated rings. The number of imidazole rings is 1. The second-order valence-corrected chi connectivity index (χ2v) is 4.33. The maximum Gasteiger partial charge on any atom is 0.271 e. The van der Waals surface area contributed by atoms with Gasteiger partial charge in [-0.1, -0.05) is 6.07 Å². The second-order valence-electron chi connectivity index (χ2n) is 4.33. The van der Waals surface area contributed by atoms with E-state index < -0.39 is 0 Å². The third-order valence-corrected chi connectivity index (χ3v) is 2.77. The number of carbonyl (C=O) groups is 1. The topological polar surface area (TPSA) is 66.6 Å². The first-order chi connectivity index (χ1) is 8.70. The molecule has 18 heavy (non-hydrogen) atoms. The molecule has 5 nitrogen and oxygen atoms in total. The molecular weight excluding hydrogens is 230 g/mol. The van der Waals surface area contributed by atoms with Crippen LogP contribution in [0.2, 0.25) is 0 Å². The molecule has 2 aromatic heterocycles. The van der Waals surface area contributed by atoms with Gasteiger partial charge in [0.2, 0.25) is 0 Å². The molecule has 0 aliphatic carbocycles. The molecule has 1 amide bonds. The summed E-state index contributed by atoms with van der Waals surface area (Å²) in [7, 11) is 0. The predicted octanol–water partition coefficient (Wildman–Crippen LogP) is 1.23. The Hall–Kier alpha value is -1.88. The van der Waals surface area contributed by atoms with Gasteiger partial charge in [-0.2, -0.15) is 0 Å². The predicted molar refractivity (Wildman–Crippen MR) is 68.4 cm³/mol. The third kappa shape index (κ3) is 2.87. The minimum Gasteiger partial charge on any atom is -0.396 e. The first kappa shape index (κ1) is 12.6. The lowest BCUT2D eigenvalue weighted by molar-refractivity contribution is 0.0932. The van der Waals surface area contributed by atoms with Crippen LogP contribution in [0, 0.1) is 0 Å². The lowest BCUT2D eigenvalue weighted by atomic mass is 10.2. The highest BCUT2D eigenvalue weighted by molar-refractivity contribution is 5.93. The Morgan fingerprint density at radius 3 is 3.11 bits per heavy atom. The smallest absolute Gasteiger partial charge is 0.271 e. The van der Waals surface area contributed by atoms with Crippen molar-refractivity contribution in [3.8, 4) is 0 Å². The van der Waals surface area contributed by atoms with Gasteiger partial charge in [0.1, 0.15) is 11.3 Å². The lowest BCUT2D eigenvalue weighted by Gasteiger charge is -2.11. The van der Waals surface area contributed by atoms with E-state index in [1.54, 1.807) is 6.20 Å². The first-order valence-corrected chi connectivity index (χ1v) is 6.06. The van der Waals surface area contributed by atoms with Crippen molar-refractivity contribution in [2.75, 3.05) is 6.61 Å². The van der Waals surface area contributed by atoms with Gasteiger partial charge in [0.05, 0.1) is 0 Å². The molecule has 0 spiro atoms. The van der Waals surface area contributed by atoms with E-state index >= 15 is 0 Å². The number of amides is 1. The fourth-order valence-corrected chi connectivity index (χ4v) is 1.81. The van der Waals surface area contributed by atoms with Crippen LogP contribution in [0.3, 0.4) is 0 Å². The number of rotatable bonds is 5. The van der Waals surface area contributed by atoms with Crippen LogP contribution in [0.4, 0.5) is 0 Å². The third-order valence-electron chi connectivity index (χ3n) is 2.77. The summed E-state index contributed by atoms with van der Waals surface area (Å²) in [5, 5.41) is 11.6. The van der Waals surface area contributed by atoms with Crippen molar-refractivity contribution in [1.82, 2.24) is 14.7 Å². The summed E-state index contributed by atoms with van der Waals surface area (Å²) < 4.78 is 1.81. The number of aliphatic hydroxyl groups is 1. The second kappa shape index (κ2) is 5.64. The highest BCUT2D eigenvalue weighted by Gasteiger charge is 2.12. The van der Waals surface area contributed by atoms with Gasteiger partial charge >= 0.3 is 0 Å². The molecular formula is C13H17N3O2. The normalized spacial score (nSPS) is 12.6. The largest absolute Gasteiger partial charge is 0.396 e. The Morgan fingerprint density at radius 1 is 1.56 bits per heavy atom. The Morgan fingerprint density at radius 2 is 2.39 bits per heavy atom. The van der Waals surface area contributed by atoms with Gasteiger partial charge in [0.15, 0.2) is 0 Å². The average Bonchev–Trinajstić information content (AvgIpc) is 2.80. The zero-order valence-electron chi connectivity index (χ0n) is 10.3. The van der Waals surface area contributed by atoms with E-state index in [0.29, 0.717) is 12.1 Å². The van der Waals surface area contributed by atoms with E-state index in [1.807, 2.05) is 35.7 Å². The number of fused-ring (bicyclic) bond motifs is 1. The van der Waals surface area contributed by atoms with E-state index in [4.69, 9.17) is 5.11 Å². The van der Waals surface area contributed by atoms with E-state index in [2.05, 4.69) is 10.3 Å². The molecule has 0 aliphatic heterocycles. The summed E-state index contributed by atoms with van der Waals surface area (Å²) in [4.78, 5) is 16.2. The van der Waals surface area contributed by atoms with Crippen LogP contribution in [0.25, 0.3) is 5.65 Å². The van der Waals surface area contributed by atoms with Gasteiger partial charge in [-0.05, 0) is 31.9 Å². The van der Waals surface area contributed by atoms with Crippen LogP contribution >= 0.6 is 0 Å². The number of hydrogen-bond acceptors (Lipinski definition) is 3. The Bertz CT molecular complexity index is 503. The molecule has 0 aromatic carbocycles. The Balaban J connectivity index is 2.04. The van der Waals surface area contributed by atoms with Gasteiger partial charge in [-0.25, -0.2) is 4.98 Å². The summed E-state index contributed by atoms with van der Waals surface area (Å²) in [6.45, 7) is 2.07. The zero-order chi connectivity index (χ0) is 13.0. The number of pyridine rings is 1. The molecule has 1 unspecified atom stereocenters. The van der Waals surface area contributed by atoms with Crippen molar-refractivity contribution in [3.05, 3.63) is 36.3 Å². The summed E-state index contributed by atoms with van der Waals surface area (Å²) >= 11 is 0. The fourth-order valence-electron chi connectivity index (χ4n) is 1.81. The molecule has 0 radical (unpaired) electrons. The Labute approximate surface area is 105 Å². The van der Waals surface area contributed by atoms with Crippen LogP contribution in [0.1, 0.15) is 30.3 Å². The number of nitrogens with one attached hydrogen (secondary N) is 1. The van der Waals surface area contributed by atoms with Crippen LogP contribution in [-0.2, 0) is 0 Å². The molecule has 2 heterocycles. The Kier molecular flexibility index (Phi) is 3.94. The fraction of sp³-hybridized carbons (Fsp3) is 0.385. The zero-order valence-corrected chi connectivity index (χ0v) is 10.3. The summed E-state index contributed by atoms with van der Waals surface area (Å²) in [6.07, 6.45) is 5.01. The average molecular weight is 247 g/mol. The van der Waals surface area contributed by atoms with Gasteiger partial charge in [-0.15, -0.1) is 0 Å². The minimum atomic E-state index is -0.177. The molecule has 1 atom stereocenters. The molecule has 5 heteroatoms. The highest BCUT2D eigenvalue weighted by Crippen LogP contribution is 2.05. The molecule has 0 saturated heterocycles. The van der Waals surface area contributed by atoms with Crippen LogP contribution in [0.5, 0.6) is 0 Å². The number of nitrogens with zero attached hydrogens (tertiary/aromatic N) is 2. The van der Waals surface area contributed by atoms with Crippen LogP contribution < -0.4 is 5.32 Å².